The number of nitriles is 1. The summed E-state index contributed by atoms with van der Waals surface area (Å²) in [5.74, 6) is 1.30. The van der Waals surface area contributed by atoms with E-state index in [0.29, 0.717) is 47.2 Å². The number of fused-ring (bicyclic) bond motifs is 1. The first-order valence-electron chi connectivity index (χ1n) is 9.95. The lowest BCUT2D eigenvalue weighted by Gasteiger charge is -2.15. The van der Waals surface area contributed by atoms with E-state index in [4.69, 9.17) is 14.7 Å². The zero-order chi connectivity index (χ0) is 22.5. The van der Waals surface area contributed by atoms with Gasteiger partial charge in [-0.3, -0.25) is 9.56 Å². The number of pyridine rings is 1. The van der Waals surface area contributed by atoms with Gasteiger partial charge in [0.15, 0.2) is 0 Å². The van der Waals surface area contributed by atoms with E-state index < -0.39 is 0 Å². The number of anilines is 1. The van der Waals surface area contributed by atoms with Crippen LogP contribution in [0.1, 0.15) is 11.1 Å². The van der Waals surface area contributed by atoms with Crippen LogP contribution in [0, 0.1) is 17.1 Å². The summed E-state index contributed by atoms with van der Waals surface area (Å²) in [6.45, 7) is 4.56. The Balaban J connectivity index is 1.73. The first-order chi connectivity index (χ1) is 15.7. The van der Waals surface area contributed by atoms with E-state index in [1.807, 2.05) is 12.1 Å². The second-order valence-electron chi connectivity index (χ2n) is 6.89. The Labute approximate surface area is 184 Å². The van der Waals surface area contributed by atoms with Crippen LogP contribution in [-0.2, 0) is 13.0 Å². The van der Waals surface area contributed by atoms with E-state index in [0.717, 1.165) is 11.1 Å². The predicted octanol–water partition coefficient (Wildman–Crippen LogP) is 3.16. The number of rotatable bonds is 7. The van der Waals surface area contributed by atoms with Gasteiger partial charge in [-0.05, 0) is 18.2 Å². The van der Waals surface area contributed by atoms with Crippen molar-refractivity contribution in [3.63, 3.8) is 0 Å². The van der Waals surface area contributed by atoms with Gasteiger partial charge in [-0.25, -0.2) is 14.4 Å². The third kappa shape index (κ3) is 4.03. The number of aromatic nitrogens is 3. The van der Waals surface area contributed by atoms with Gasteiger partial charge in [0.1, 0.15) is 23.6 Å². The number of hydrogen-bond acceptors (Lipinski definition) is 7. The van der Waals surface area contributed by atoms with Gasteiger partial charge in [0, 0.05) is 59.9 Å². The molecule has 0 amide bonds. The molecule has 9 heteroatoms. The number of benzene rings is 1. The quantitative estimate of drug-likeness (QED) is 0.576. The highest BCUT2D eigenvalue weighted by Crippen LogP contribution is 2.30. The van der Waals surface area contributed by atoms with Gasteiger partial charge in [-0.2, -0.15) is 5.26 Å². The minimum absolute atomic E-state index is 0.0496. The molecule has 1 N–H and O–H groups in total. The van der Waals surface area contributed by atoms with E-state index >= 15 is 0 Å². The Morgan fingerprint density at radius 2 is 2.22 bits per heavy atom. The summed E-state index contributed by atoms with van der Waals surface area (Å²) in [4.78, 5) is 13.1. The molecule has 1 aliphatic heterocycles. The maximum absolute atomic E-state index is 14.5. The Morgan fingerprint density at radius 3 is 2.94 bits per heavy atom. The Kier molecular flexibility index (Phi) is 6.12. The summed E-state index contributed by atoms with van der Waals surface area (Å²) < 4.78 is 26.8. The molecule has 3 aromatic rings. The first-order valence-corrected chi connectivity index (χ1v) is 9.95. The highest BCUT2D eigenvalue weighted by molar-refractivity contribution is 5.62. The van der Waals surface area contributed by atoms with Crippen molar-refractivity contribution >= 4 is 12.1 Å². The molecule has 2 aromatic heterocycles. The van der Waals surface area contributed by atoms with Crippen molar-refractivity contribution < 1.29 is 13.9 Å². The average molecular weight is 432 g/mol. The number of nitrogens with zero attached hydrogens (tertiary/aromatic N) is 5. The lowest BCUT2D eigenvalue weighted by atomic mass is 10.0. The van der Waals surface area contributed by atoms with E-state index in [1.54, 1.807) is 42.4 Å². The molecule has 8 nitrogen and oxygen atoms in total. The molecule has 162 valence electrons. The molecule has 0 saturated carbocycles. The van der Waals surface area contributed by atoms with Crippen LogP contribution >= 0.6 is 0 Å². The van der Waals surface area contributed by atoms with Gasteiger partial charge in [0.05, 0.1) is 19.8 Å². The monoisotopic (exact) mass is 432 g/mol. The van der Waals surface area contributed by atoms with Crippen LogP contribution < -0.4 is 20.3 Å². The average Bonchev–Trinajstić information content (AvgIpc) is 3.31. The van der Waals surface area contributed by atoms with E-state index in [1.165, 1.54) is 6.07 Å². The lowest BCUT2D eigenvalue weighted by molar-refractivity contribution is 0.356. The van der Waals surface area contributed by atoms with Crippen LogP contribution in [0.2, 0.25) is 0 Å². The molecule has 1 aliphatic rings. The largest absolute Gasteiger partial charge is 0.493 e. The number of halogens is 1. The summed E-state index contributed by atoms with van der Waals surface area (Å²) in [5, 5.41) is 12.2. The van der Waals surface area contributed by atoms with Crippen LogP contribution in [0.5, 0.6) is 11.6 Å². The van der Waals surface area contributed by atoms with Gasteiger partial charge in [-0.15, -0.1) is 0 Å². The van der Waals surface area contributed by atoms with Gasteiger partial charge >= 0.3 is 0 Å². The van der Waals surface area contributed by atoms with Crippen LogP contribution in [-0.4, -0.2) is 34.8 Å². The van der Waals surface area contributed by atoms with Gasteiger partial charge in [-0.1, -0.05) is 6.58 Å². The SMILES string of the molecule is C=Cn1c(NCc2c(F)ccc3c2CCO3)ncc(-c2ccc(OC)nc2)/c1=N/CC#N. The normalized spacial score (nSPS) is 12.6. The molecule has 0 radical (unpaired) electrons. The zero-order valence-electron chi connectivity index (χ0n) is 17.5. The second-order valence-corrected chi connectivity index (χ2v) is 6.89. The maximum Gasteiger partial charge on any atom is 0.212 e. The summed E-state index contributed by atoms with van der Waals surface area (Å²) in [7, 11) is 1.54. The predicted molar refractivity (Wildman–Crippen MR) is 117 cm³/mol. The molecule has 1 aromatic carbocycles. The molecule has 0 unspecified atom stereocenters. The highest BCUT2D eigenvalue weighted by Gasteiger charge is 2.20. The van der Waals surface area contributed by atoms with Crippen molar-refractivity contribution in [3.05, 3.63) is 65.7 Å². The van der Waals surface area contributed by atoms with E-state index in [9.17, 15) is 4.39 Å². The van der Waals surface area contributed by atoms with Crippen LogP contribution in [0.3, 0.4) is 0 Å². The number of hydrogen-bond donors (Lipinski definition) is 1. The fraction of sp³-hybridized carbons (Fsp3) is 0.217. The molecule has 4 rings (SSSR count). The molecule has 0 aliphatic carbocycles. The van der Waals surface area contributed by atoms with Crippen molar-refractivity contribution in [3.8, 4) is 28.8 Å². The molecule has 0 atom stereocenters. The van der Waals surface area contributed by atoms with Gasteiger partial charge in [0.2, 0.25) is 11.8 Å². The summed E-state index contributed by atoms with van der Waals surface area (Å²) in [6, 6.07) is 8.64. The first kappa shape index (κ1) is 21.1. The molecular weight excluding hydrogens is 411 g/mol. The molecule has 3 heterocycles. The van der Waals surface area contributed by atoms with Gasteiger partial charge in [0.25, 0.3) is 0 Å². The Bertz CT molecular complexity index is 1260. The summed E-state index contributed by atoms with van der Waals surface area (Å²) >= 11 is 0. The summed E-state index contributed by atoms with van der Waals surface area (Å²) in [5.41, 5.74) is 3.30. The van der Waals surface area contributed by atoms with Crippen LogP contribution in [0.15, 0.2) is 48.2 Å². The third-order valence-corrected chi connectivity index (χ3v) is 5.12. The molecule has 0 saturated heterocycles. The minimum Gasteiger partial charge on any atom is -0.493 e. The standard InChI is InChI=1S/C23H21FN6O2/c1-3-30-22(26-10-9-25)17(15-4-7-21(31-2)27-12-15)13-28-23(30)29-14-18-16-8-11-32-20(16)6-5-19(18)24/h3-7,12-13H,1,8,10-11,14H2,2H3,(H,28,29)/b26-22-. The second kappa shape index (κ2) is 9.31. The zero-order valence-corrected chi connectivity index (χ0v) is 17.5. The highest BCUT2D eigenvalue weighted by atomic mass is 19.1. The Morgan fingerprint density at radius 1 is 1.34 bits per heavy atom. The molecule has 0 fully saturated rings. The third-order valence-electron chi connectivity index (χ3n) is 5.12. The summed E-state index contributed by atoms with van der Waals surface area (Å²) in [6.07, 6.45) is 5.48. The fourth-order valence-corrected chi connectivity index (χ4v) is 3.59. The van der Waals surface area contributed by atoms with Crippen molar-refractivity contribution in [2.24, 2.45) is 4.99 Å². The molecule has 0 bridgehead atoms. The molecule has 0 spiro atoms. The van der Waals surface area contributed by atoms with Crippen LogP contribution in [0.25, 0.3) is 17.3 Å². The lowest BCUT2D eigenvalue weighted by Crippen LogP contribution is -2.24. The topological polar surface area (TPSA) is 97.3 Å². The minimum atomic E-state index is -0.303. The fourth-order valence-electron chi connectivity index (χ4n) is 3.59. The maximum atomic E-state index is 14.5. The Hall–Kier alpha value is -4.19. The number of methoxy groups -OCH3 is 1. The van der Waals surface area contributed by atoms with Crippen molar-refractivity contribution in [2.45, 2.75) is 13.0 Å². The van der Waals surface area contributed by atoms with Crippen molar-refractivity contribution in [2.75, 3.05) is 25.6 Å². The number of nitrogens with one attached hydrogen (secondary N) is 1. The van der Waals surface area contributed by atoms with Crippen molar-refractivity contribution in [1.82, 2.24) is 14.5 Å². The molecule has 32 heavy (non-hydrogen) atoms. The smallest absolute Gasteiger partial charge is 0.212 e. The van der Waals surface area contributed by atoms with E-state index in [2.05, 4.69) is 26.9 Å². The van der Waals surface area contributed by atoms with Crippen molar-refractivity contribution in [1.29, 1.82) is 5.26 Å². The van der Waals surface area contributed by atoms with Gasteiger partial charge < -0.3 is 14.8 Å². The molecular formula is C23H21FN6O2. The van der Waals surface area contributed by atoms with Crippen LogP contribution in [0.4, 0.5) is 10.3 Å². The number of ether oxygens (including phenoxy) is 2. The van der Waals surface area contributed by atoms with E-state index in [-0.39, 0.29) is 18.9 Å².